The number of aromatic hydroxyl groups is 1. The van der Waals surface area contributed by atoms with Gasteiger partial charge in [0.1, 0.15) is 5.75 Å². The maximum Gasteiger partial charge on any atom is 0.273 e. The minimum absolute atomic E-state index is 0.0914. The summed E-state index contributed by atoms with van der Waals surface area (Å²) in [6, 6.07) is 10.5. The molecule has 24 heavy (non-hydrogen) atoms. The molecule has 0 aliphatic heterocycles. The van der Waals surface area contributed by atoms with Crippen LogP contribution in [0.2, 0.25) is 0 Å². The third-order valence-corrected chi connectivity index (χ3v) is 4.14. The summed E-state index contributed by atoms with van der Waals surface area (Å²) in [6.07, 6.45) is 0. The molecule has 0 aromatic heterocycles. The largest absolute Gasteiger partial charge is 0.507 e. The van der Waals surface area contributed by atoms with E-state index in [4.69, 9.17) is 0 Å². The Morgan fingerprint density at radius 2 is 1.42 bits per heavy atom. The molecule has 0 bridgehead atoms. The van der Waals surface area contributed by atoms with Crippen LogP contribution in [0, 0.1) is 10.1 Å². The molecule has 0 unspecified atom stereocenters. The van der Waals surface area contributed by atoms with E-state index in [0.29, 0.717) is 16.7 Å². The predicted molar refractivity (Wildman–Crippen MR) is 97.6 cm³/mol. The molecule has 0 aliphatic carbocycles. The molecule has 2 aromatic rings. The van der Waals surface area contributed by atoms with E-state index in [2.05, 4.69) is 20.8 Å². The van der Waals surface area contributed by atoms with Gasteiger partial charge >= 0.3 is 0 Å². The zero-order valence-electron chi connectivity index (χ0n) is 15.2. The van der Waals surface area contributed by atoms with Gasteiger partial charge < -0.3 is 5.11 Å². The quantitative estimate of drug-likeness (QED) is 0.580. The number of hydrogen-bond donors (Lipinski definition) is 1. The predicted octanol–water partition coefficient (Wildman–Crippen LogP) is 5.56. The van der Waals surface area contributed by atoms with Crippen molar-refractivity contribution in [1.29, 1.82) is 0 Å². The number of para-hydroxylation sites is 1. The van der Waals surface area contributed by atoms with Crippen molar-refractivity contribution in [2.75, 3.05) is 0 Å². The van der Waals surface area contributed by atoms with Gasteiger partial charge in [0.2, 0.25) is 0 Å². The van der Waals surface area contributed by atoms with Crippen molar-refractivity contribution in [1.82, 2.24) is 0 Å². The number of nitrogens with zero attached hydrogens (tertiary/aromatic N) is 1. The molecule has 2 rings (SSSR count). The van der Waals surface area contributed by atoms with Crippen molar-refractivity contribution in [2.45, 2.75) is 52.4 Å². The van der Waals surface area contributed by atoms with E-state index in [1.165, 1.54) is 0 Å². The highest BCUT2D eigenvalue weighted by molar-refractivity contribution is 5.77. The molecule has 4 nitrogen and oxygen atoms in total. The van der Waals surface area contributed by atoms with E-state index in [0.717, 1.165) is 5.56 Å². The second-order valence-corrected chi connectivity index (χ2v) is 8.19. The average molecular weight is 327 g/mol. The van der Waals surface area contributed by atoms with Gasteiger partial charge in [-0.15, -0.1) is 0 Å². The zero-order valence-corrected chi connectivity index (χ0v) is 15.2. The van der Waals surface area contributed by atoms with Gasteiger partial charge in [0.15, 0.2) is 0 Å². The zero-order chi connectivity index (χ0) is 18.3. The van der Waals surface area contributed by atoms with Gasteiger partial charge in [-0.1, -0.05) is 59.7 Å². The van der Waals surface area contributed by atoms with Crippen LogP contribution in [0.4, 0.5) is 5.69 Å². The average Bonchev–Trinajstić information content (AvgIpc) is 2.44. The normalized spacial score (nSPS) is 12.2. The lowest BCUT2D eigenvalue weighted by Crippen LogP contribution is -2.19. The fourth-order valence-electron chi connectivity index (χ4n) is 2.88. The minimum atomic E-state index is -0.348. The smallest absolute Gasteiger partial charge is 0.273 e. The summed E-state index contributed by atoms with van der Waals surface area (Å²) in [5, 5.41) is 21.9. The Labute approximate surface area is 143 Å². The molecule has 0 amide bonds. The highest BCUT2D eigenvalue weighted by Crippen LogP contribution is 2.43. The van der Waals surface area contributed by atoms with Crippen LogP contribution < -0.4 is 0 Å². The Kier molecular flexibility index (Phi) is 4.44. The molecule has 1 N–H and O–H groups in total. The van der Waals surface area contributed by atoms with Crippen molar-refractivity contribution in [2.24, 2.45) is 0 Å². The molecular formula is C20H25NO3. The van der Waals surface area contributed by atoms with Gasteiger partial charge in [0, 0.05) is 17.2 Å². The highest BCUT2D eigenvalue weighted by Gasteiger charge is 2.30. The summed E-state index contributed by atoms with van der Waals surface area (Å²) >= 11 is 0. The number of phenolic OH excluding ortho intramolecular Hbond substituents is 1. The summed E-state index contributed by atoms with van der Waals surface area (Å²) < 4.78 is 0. The van der Waals surface area contributed by atoms with Crippen LogP contribution in [-0.4, -0.2) is 10.0 Å². The minimum Gasteiger partial charge on any atom is -0.507 e. The molecule has 128 valence electrons. The molecule has 0 atom stereocenters. The van der Waals surface area contributed by atoms with E-state index >= 15 is 0 Å². The maximum absolute atomic E-state index is 11.6. The van der Waals surface area contributed by atoms with Crippen LogP contribution in [-0.2, 0) is 10.8 Å². The number of nitro benzene ring substituents is 1. The third-order valence-electron chi connectivity index (χ3n) is 4.14. The molecule has 0 saturated heterocycles. The lowest BCUT2D eigenvalue weighted by Gasteiger charge is -2.27. The SMILES string of the molecule is CC(C)(C)c1cc(C(C)(C)C)c([N+](=O)[O-])cc1-c1ccccc1O. The second kappa shape index (κ2) is 5.93. The lowest BCUT2D eigenvalue weighted by molar-refractivity contribution is -0.385. The van der Waals surface area contributed by atoms with Gasteiger partial charge in [0.05, 0.1) is 4.92 Å². The first kappa shape index (κ1) is 18.0. The van der Waals surface area contributed by atoms with Crippen molar-refractivity contribution in [3.63, 3.8) is 0 Å². The van der Waals surface area contributed by atoms with Crippen molar-refractivity contribution in [3.05, 3.63) is 57.6 Å². The van der Waals surface area contributed by atoms with Crippen LogP contribution in [0.5, 0.6) is 5.75 Å². The van der Waals surface area contributed by atoms with E-state index in [1.807, 2.05) is 32.9 Å². The van der Waals surface area contributed by atoms with Gasteiger partial charge in [-0.3, -0.25) is 10.1 Å². The van der Waals surface area contributed by atoms with E-state index in [1.54, 1.807) is 24.3 Å². The number of nitro groups is 1. The van der Waals surface area contributed by atoms with Crippen LogP contribution in [0.3, 0.4) is 0 Å². The Hall–Kier alpha value is -2.36. The standard InChI is InChI=1S/C20H25NO3/c1-19(2,3)15-12-16(20(4,5)6)17(21(23)24)11-14(15)13-9-7-8-10-18(13)22/h7-12,22H,1-6H3. The monoisotopic (exact) mass is 327 g/mol. The van der Waals surface area contributed by atoms with Crippen LogP contribution in [0.25, 0.3) is 11.1 Å². The van der Waals surface area contributed by atoms with Crippen LogP contribution in [0.15, 0.2) is 36.4 Å². The second-order valence-electron chi connectivity index (χ2n) is 8.19. The summed E-state index contributed by atoms with van der Waals surface area (Å²) in [4.78, 5) is 11.3. The molecule has 4 heteroatoms. The number of rotatable bonds is 2. The molecule has 0 spiro atoms. The van der Waals surface area contributed by atoms with E-state index in [-0.39, 0.29) is 27.2 Å². The van der Waals surface area contributed by atoms with Gasteiger partial charge in [-0.2, -0.15) is 0 Å². The first-order valence-electron chi connectivity index (χ1n) is 8.04. The topological polar surface area (TPSA) is 63.4 Å². The first-order valence-corrected chi connectivity index (χ1v) is 8.04. The van der Waals surface area contributed by atoms with Crippen molar-refractivity contribution >= 4 is 5.69 Å². The van der Waals surface area contributed by atoms with E-state index in [9.17, 15) is 15.2 Å². The fourth-order valence-corrected chi connectivity index (χ4v) is 2.88. The molecule has 2 aromatic carbocycles. The number of hydrogen-bond acceptors (Lipinski definition) is 3. The molecule has 0 heterocycles. The Balaban J connectivity index is 2.91. The van der Waals surface area contributed by atoms with Gasteiger partial charge in [-0.05, 0) is 34.1 Å². The third kappa shape index (κ3) is 3.42. The first-order chi connectivity index (χ1) is 10.9. The van der Waals surface area contributed by atoms with Crippen molar-refractivity contribution < 1.29 is 10.0 Å². The number of phenols is 1. The molecular weight excluding hydrogens is 302 g/mol. The molecule has 0 saturated carbocycles. The maximum atomic E-state index is 11.6. The molecule has 0 aliphatic rings. The summed E-state index contributed by atoms with van der Waals surface area (Å²) in [5.74, 6) is 0.126. The van der Waals surface area contributed by atoms with Crippen LogP contribution in [0.1, 0.15) is 52.7 Å². The highest BCUT2D eigenvalue weighted by atomic mass is 16.6. The Morgan fingerprint density at radius 1 is 0.875 bits per heavy atom. The summed E-state index contributed by atoms with van der Waals surface area (Å²) in [7, 11) is 0. The molecule has 0 fully saturated rings. The number of benzene rings is 2. The van der Waals surface area contributed by atoms with Crippen molar-refractivity contribution in [3.8, 4) is 16.9 Å². The Bertz CT molecular complexity index is 780. The fraction of sp³-hybridized carbons (Fsp3) is 0.400. The Morgan fingerprint density at radius 3 is 1.88 bits per heavy atom. The summed E-state index contributed by atoms with van der Waals surface area (Å²) in [6.45, 7) is 12.1. The van der Waals surface area contributed by atoms with E-state index < -0.39 is 0 Å². The van der Waals surface area contributed by atoms with Crippen LogP contribution >= 0.6 is 0 Å². The molecule has 0 radical (unpaired) electrons. The van der Waals surface area contributed by atoms with Gasteiger partial charge in [0.25, 0.3) is 5.69 Å². The van der Waals surface area contributed by atoms with Gasteiger partial charge in [-0.25, -0.2) is 0 Å². The lowest BCUT2D eigenvalue weighted by atomic mass is 9.76. The summed E-state index contributed by atoms with van der Waals surface area (Å²) in [5.41, 5.74) is 2.54.